The van der Waals surface area contributed by atoms with Gasteiger partial charge in [0.2, 0.25) is 0 Å². The van der Waals surface area contributed by atoms with Crippen molar-refractivity contribution in [3.05, 3.63) is 77.3 Å². The molecule has 1 aromatic carbocycles. The molecule has 2 aromatic heterocycles. The monoisotopic (exact) mass is 354 g/mol. The van der Waals surface area contributed by atoms with Gasteiger partial charge in [-0.25, -0.2) is 10.4 Å². The van der Waals surface area contributed by atoms with E-state index in [-0.39, 0.29) is 10.7 Å². The third-order valence-corrected chi connectivity index (χ3v) is 3.80. The number of hydrazone groups is 1. The smallest absolute Gasteiger partial charge is 0.274 e. The Morgan fingerprint density at radius 3 is 2.76 bits per heavy atom. The molecule has 0 radical (unpaired) electrons. The Kier molecular flexibility index (Phi) is 5.11. The summed E-state index contributed by atoms with van der Waals surface area (Å²) in [7, 11) is 1.62. The van der Waals surface area contributed by atoms with Crippen LogP contribution in [-0.2, 0) is 0 Å². The summed E-state index contributed by atoms with van der Waals surface area (Å²) in [5.74, 6) is 0.364. The van der Waals surface area contributed by atoms with Gasteiger partial charge in [-0.3, -0.25) is 4.79 Å². The molecule has 1 amide bonds. The van der Waals surface area contributed by atoms with Gasteiger partial charge in [0.25, 0.3) is 5.91 Å². The summed E-state index contributed by atoms with van der Waals surface area (Å²) in [4.78, 5) is 15.9. The standard InChI is InChI=1S/C18H15ClN4O2/c1-25-15-8-6-13(7-9-15)23-11-3-4-14(23)12-21-22-18(24)16-5-2-10-20-17(16)19/h2-12H,1H3,(H,22,24)/b21-12+. The lowest BCUT2D eigenvalue weighted by Crippen LogP contribution is -2.18. The topological polar surface area (TPSA) is 68.5 Å². The van der Waals surface area contributed by atoms with Crippen LogP contribution in [0.15, 0.2) is 66.0 Å². The minimum Gasteiger partial charge on any atom is -0.497 e. The number of hydrogen-bond acceptors (Lipinski definition) is 4. The molecule has 0 aliphatic heterocycles. The fourth-order valence-corrected chi connectivity index (χ4v) is 2.46. The van der Waals surface area contributed by atoms with E-state index in [0.717, 1.165) is 17.1 Å². The first-order valence-corrected chi connectivity index (χ1v) is 7.82. The van der Waals surface area contributed by atoms with Crippen LogP contribution in [-0.4, -0.2) is 28.8 Å². The van der Waals surface area contributed by atoms with Crippen LogP contribution in [0.2, 0.25) is 5.15 Å². The summed E-state index contributed by atoms with van der Waals surface area (Å²) >= 11 is 5.89. The first kappa shape index (κ1) is 16.7. The average molecular weight is 355 g/mol. The molecule has 6 nitrogen and oxygen atoms in total. The molecule has 0 bridgehead atoms. The normalized spacial score (nSPS) is 10.8. The highest BCUT2D eigenvalue weighted by molar-refractivity contribution is 6.32. The van der Waals surface area contributed by atoms with Crippen molar-refractivity contribution in [2.45, 2.75) is 0 Å². The number of nitrogens with one attached hydrogen (secondary N) is 1. The maximum Gasteiger partial charge on any atom is 0.274 e. The number of methoxy groups -OCH3 is 1. The summed E-state index contributed by atoms with van der Waals surface area (Å²) in [5, 5.41) is 4.13. The fraction of sp³-hybridized carbons (Fsp3) is 0.0556. The lowest BCUT2D eigenvalue weighted by atomic mass is 10.3. The van der Waals surface area contributed by atoms with Gasteiger partial charge in [0.05, 0.1) is 24.6 Å². The lowest BCUT2D eigenvalue weighted by Gasteiger charge is -2.07. The number of benzene rings is 1. The lowest BCUT2D eigenvalue weighted by molar-refractivity contribution is 0.0955. The van der Waals surface area contributed by atoms with E-state index < -0.39 is 5.91 Å². The third kappa shape index (κ3) is 3.87. The second-order valence-corrected chi connectivity index (χ2v) is 5.40. The van der Waals surface area contributed by atoms with Gasteiger partial charge < -0.3 is 9.30 Å². The van der Waals surface area contributed by atoms with Crippen LogP contribution in [0.3, 0.4) is 0 Å². The Hall–Kier alpha value is -3.12. The second-order valence-electron chi connectivity index (χ2n) is 5.04. The summed E-state index contributed by atoms with van der Waals surface area (Å²) in [6.07, 6.45) is 4.99. The Bertz CT molecular complexity index is 903. The number of aromatic nitrogens is 2. The van der Waals surface area contributed by atoms with Gasteiger partial charge >= 0.3 is 0 Å². The molecule has 0 aliphatic carbocycles. The summed E-state index contributed by atoms with van der Waals surface area (Å²) in [6, 6.07) is 14.6. The second kappa shape index (κ2) is 7.63. The van der Waals surface area contributed by atoms with Crippen molar-refractivity contribution in [2.75, 3.05) is 7.11 Å². The van der Waals surface area contributed by atoms with Gasteiger partial charge in [-0.05, 0) is 48.5 Å². The zero-order chi connectivity index (χ0) is 17.6. The molecule has 0 fully saturated rings. The summed E-state index contributed by atoms with van der Waals surface area (Å²) in [5.41, 5.74) is 4.48. The largest absolute Gasteiger partial charge is 0.497 e. The maximum absolute atomic E-state index is 12.0. The Balaban J connectivity index is 1.73. The van der Waals surface area contributed by atoms with E-state index in [4.69, 9.17) is 16.3 Å². The number of carbonyl (C=O) groups is 1. The van der Waals surface area contributed by atoms with Gasteiger partial charge in [0.1, 0.15) is 10.9 Å². The number of amides is 1. The first-order valence-electron chi connectivity index (χ1n) is 7.45. The van der Waals surface area contributed by atoms with E-state index in [2.05, 4.69) is 15.5 Å². The fourth-order valence-electron chi connectivity index (χ4n) is 2.25. The van der Waals surface area contributed by atoms with Gasteiger partial charge in [0.15, 0.2) is 0 Å². The van der Waals surface area contributed by atoms with Crippen LogP contribution >= 0.6 is 11.6 Å². The molecule has 0 saturated heterocycles. The summed E-state index contributed by atoms with van der Waals surface area (Å²) in [6.45, 7) is 0. The predicted molar refractivity (Wildman–Crippen MR) is 96.6 cm³/mol. The molecule has 0 saturated carbocycles. The molecule has 3 aromatic rings. The molecule has 0 aliphatic rings. The van der Waals surface area contributed by atoms with Gasteiger partial charge in [-0.15, -0.1) is 0 Å². The van der Waals surface area contributed by atoms with Crippen LogP contribution in [0.1, 0.15) is 16.1 Å². The Labute approximate surface area is 149 Å². The number of hydrogen-bond donors (Lipinski definition) is 1. The van der Waals surface area contributed by atoms with Crippen molar-refractivity contribution in [1.29, 1.82) is 0 Å². The molecular weight excluding hydrogens is 340 g/mol. The zero-order valence-electron chi connectivity index (χ0n) is 13.4. The van der Waals surface area contributed by atoms with Crippen molar-refractivity contribution >= 4 is 23.7 Å². The minimum atomic E-state index is -0.420. The van der Waals surface area contributed by atoms with Crippen LogP contribution in [0.4, 0.5) is 0 Å². The van der Waals surface area contributed by atoms with E-state index in [1.165, 1.54) is 6.20 Å². The van der Waals surface area contributed by atoms with Crippen LogP contribution in [0.5, 0.6) is 5.75 Å². The molecular formula is C18H15ClN4O2. The molecule has 0 atom stereocenters. The number of carbonyl (C=O) groups excluding carboxylic acids is 1. The quantitative estimate of drug-likeness (QED) is 0.434. The predicted octanol–water partition coefficient (Wildman–Crippen LogP) is 3.30. The number of ether oxygens (including phenoxy) is 1. The Morgan fingerprint density at radius 2 is 2.04 bits per heavy atom. The van der Waals surface area contributed by atoms with Crippen molar-refractivity contribution < 1.29 is 9.53 Å². The van der Waals surface area contributed by atoms with Gasteiger partial charge in [-0.1, -0.05) is 11.6 Å². The molecule has 126 valence electrons. The van der Waals surface area contributed by atoms with Crippen molar-refractivity contribution in [2.24, 2.45) is 5.10 Å². The highest BCUT2D eigenvalue weighted by atomic mass is 35.5. The number of rotatable bonds is 5. The molecule has 3 rings (SSSR count). The Morgan fingerprint density at radius 1 is 1.24 bits per heavy atom. The number of halogens is 1. The zero-order valence-corrected chi connectivity index (χ0v) is 14.1. The van der Waals surface area contributed by atoms with Crippen molar-refractivity contribution in [3.8, 4) is 11.4 Å². The third-order valence-electron chi connectivity index (χ3n) is 3.50. The average Bonchev–Trinajstić information content (AvgIpc) is 3.10. The van der Waals surface area contributed by atoms with Crippen molar-refractivity contribution in [1.82, 2.24) is 15.0 Å². The highest BCUT2D eigenvalue weighted by Gasteiger charge is 2.09. The van der Waals surface area contributed by atoms with E-state index in [9.17, 15) is 4.79 Å². The maximum atomic E-state index is 12.0. The van der Waals surface area contributed by atoms with E-state index in [1.54, 1.807) is 25.5 Å². The summed E-state index contributed by atoms with van der Waals surface area (Å²) < 4.78 is 7.10. The molecule has 7 heteroatoms. The van der Waals surface area contributed by atoms with E-state index >= 15 is 0 Å². The highest BCUT2D eigenvalue weighted by Crippen LogP contribution is 2.16. The van der Waals surface area contributed by atoms with E-state index in [0.29, 0.717) is 0 Å². The molecule has 2 heterocycles. The van der Waals surface area contributed by atoms with Crippen molar-refractivity contribution in [3.63, 3.8) is 0 Å². The first-order chi connectivity index (χ1) is 12.2. The molecule has 0 spiro atoms. The van der Waals surface area contributed by atoms with Gasteiger partial charge in [-0.2, -0.15) is 5.10 Å². The molecule has 1 N–H and O–H groups in total. The number of pyridine rings is 1. The number of nitrogens with zero attached hydrogens (tertiary/aromatic N) is 3. The van der Waals surface area contributed by atoms with Crippen LogP contribution < -0.4 is 10.2 Å². The minimum absolute atomic E-state index is 0.136. The molecule has 0 unspecified atom stereocenters. The van der Waals surface area contributed by atoms with E-state index in [1.807, 2.05) is 47.2 Å². The van der Waals surface area contributed by atoms with Crippen LogP contribution in [0.25, 0.3) is 5.69 Å². The molecule has 25 heavy (non-hydrogen) atoms. The van der Waals surface area contributed by atoms with Crippen LogP contribution in [0, 0.1) is 0 Å². The van der Waals surface area contributed by atoms with Gasteiger partial charge in [0, 0.05) is 18.1 Å². The SMILES string of the molecule is COc1ccc(-n2cccc2/C=N/NC(=O)c2cccnc2Cl)cc1.